The zero-order valence-electron chi connectivity index (χ0n) is 8.86. The van der Waals surface area contributed by atoms with Gasteiger partial charge in [0.25, 0.3) is 0 Å². The largest absolute Gasteiger partial charge is 0.392 e. The van der Waals surface area contributed by atoms with E-state index in [1.807, 2.05) is 24.3 Å². The second-order valence-electron chi connectivity index (χ2n) is 3.48. The van der Waals surface area contributed by atoms with Crippen LogP contribution in [0.2, 0.25) is 0 Å². The third-order valence-corrected chi connectivity index (χ3v) is 4.19. The van der Waals surface area contributed by atoms with E-state index in [9.17, 15) is 4.39 Å². The zero-order chi connectivity index (χ0) is 12.3. The summed E-state index contributed by atoms with van der Waals surface area (Å²) in [5.41, 5.74) is 0.848. The molecule has 0 aliphatic heterocycles. The first-order valence-corrected chi connectivity index (χ1v) is 6.62. The van der Waals surface area contributed by atoms with Crippen LogP contribution >= 0.6 is 27.7 Å². The van der Waals surface area contributed by atoms with E-state index in [-0.39, 0.29) is 12.4 Å². The number of rotatable bonds is 3. The molecule has 0 saturated carbocycles. The SMILES string of the molecule is OCc1ccc(Sc2cccc(F)c2)c(Br)c1. The molecule has 0 aromatic heterocycles. The standard InChI is InChI=1S/C13H10BrFOS/c14-12-6-9(8-16)4-5-13(12)17-11-3-1-2-10(15)7-11/h1-7,16H,8H2. The summed E-state index contributed by atoms with van der Waals surface area (Å²) in [5.74, 6) is -0.238. The second kappa shape index (κ2) is 5.67. The first kappa shape index (κ1) is 12.6. The van der Waals surface area contributed by atoms with Gasteiger partial charge in [-0.1, -0.05) is 23.9 Å². The van der Waals surface area contributed by atoms with Gasteiger partial charge in [-0.2, -0.15) is 0 Å². The Kier molecular flexibility index (Phi) is 4.20. The van der Waals surface area contributed by atoms with Crippen molar-refractivity contribution in [3.05, 3.63) is 58.3 Å². The number of aliphatic hydroxyl groups excluding tert-OH is 1. The molecule has 0 radical (unpaired) electrons. The number of benzene rings is 2. The Bertz CT molecular complexity index is 531. The number of halogens is 2. The summed E-state index contributed by atoms with van der Waals surface area (Å²) in [4.78, 5) is 1.84. The van der Waals surface area contributed by atoms with Crippen molar-refractivity contribution in [3.63, 3.8) is 0 Å². The highest BCUT2D eigenvalue weighted by Gasteiger charge is 2.04. The highest BCUT2D eigenvalue weighted by Crippen LogP contribution is 2.34. The minimum atomic E-state index is -0.238. The molecule has 0 saturated heterocycles. The van der Waals surface area contributed by atoms with Crippen molar-refractivity contribution < 1.29 is 9.50 Å². The lowest BCUT2D eigenvalue weighted by molar-refractivity contribution is 0.281. The van der Waals surface area contributed by atoms with Crippen LogP contribution in [0, 0.1) is 5.82 Å². The number of hydrogen-bond acceptors (Lipinski definition) is 2. The molecular formula is C13H10BrFOS. The molecule has 0 aliphatic carbocycles. The van der Waals surface area contributed by atoms with Crippen LogP contribution < -0.4 is 0 Å². The van der Waals surface area contributed by atoms with Gasteiger partial charge in [0.2, 0.25) is 0 Å². The van der Waals surface area contributed by atoms with E-state index in [2.05, 4.69) is 15.9 Å². The average Bonchev–Trinajstić information content (AvgIpc) is 2.32. The second-order valence-corrected chi connectivity index (χ2v) is 5.45. The Morgan fingerprint density at radius 2 is 2.00 bits per heavy atom. The molecule has 88 valence electrons. The van der Waals surface area contributed by atoms with E-state index >= 15 is 0 Å². The molecule has 17 heavy (non-hydrogen) atoms. The number of aliphatic hydroxyl groups is 1. The molecule has 0 atom stereocenters. The predicted octanol–water partition coefficient (Wildman–Crippen LogP) is 4.23. The van der Waals surface area contributed by atoms with E-state index in [4.69, 9.17) is 5.11 Å². The lowest BCUT2D eigenvalue weighted by Gasteiger charge is -2.06. The topological polar surface area (TPSA) is 20.2 Å². The van der Waals surface area contributed by atoms with Crippen molar-refractivity contribution in [2.24, 2.45) is 0 Å². The van der Waals surface area contributed by atoms with E-state index in [0.29, 0.717) is 0 Å². The highest BCUT2D eigenvalue weighted by atomic mass is 79.9. The van der Waals surface area contributed by atoms with Gasteiger partial charge in [-0.15, -0.1) is 0 Å². The summed E-state index contributed by atoms with van der Waals surface area (Å²) in [6.45, 7) is 0.0174. The van der Waals surface area contributed by atoms with Gasteiger partial charge in [-0.3, -0.25) is 0 Å². The van der Waals surface area contributed by atoms with Gasteiger partial charge < -0.3 is 5.11 Å². The average molecular weight is 313 g/mol. The van der Waals surface area contributed by atoms with Crippen LogP contribution in [0.15, 0.2) is 56.7 Å². The van der Waals surface area contributed by atoms with E-state index in [1.54, 1.807) is 6.07 Å². The molecule has 0 amide bonds. The molecule has 1 N–H and O–H groups in total. The van der Waals surface area contributed by atoms with Crippen LogP contribution in [-0.2, 0) is 6.61 Å². The van der Waals surface area contributed by atoms with Gasteiger partial charge in [0.1, 0.15) is 5.82 Å². The summed E-state index contributed by atoms with van der Waals surface area (Å²) in [5, 5.41) is 9.00. The first-order valence-electron chi connectivity index (χ1n) is 5.02. The van der Waals surface area contributed by atoms with Gasteiger partial charge >= 0.3 is 0 Å². The Hall–Kier alpha value is -0.840. The van der Waals surface area contributed by atoms with Gasteiger partial charge in [0.15, 0.2) is 0 Å². The van der Waals surface area contributed by atoms with Crippen LogP contribution in [-0.4, -0.2) is 5.11 Å². The van der Waals surface area contributed by atoms with Crippen LogP contribution in [0.4, 0.5) is 4.39 Å². The van der Waals surface area contributed by atoms with E-state index < -0.39 is 0 Å². The summed E-state index contributed by atoms with van der Waals surface area (Å²) in [6.07, 6.45) is 0. The first-order chi connectivity index (χ1) is 8.19. The van der Waals surface area contributed by atoms with Crippen LogP contribution in [0.5, 0.6) is 0 Å². The van der Waals surface area contributed by atoms with Gasteiger partial charge in [-0.25, -0.2) is 4.39 Å². The zero-order valence-corrected chi connectivity index (χ0v) is 11.3. The molecule has 0 unspecified atom stereocenters. The third kappa shape index (κ3) is 3.31. The molecule has 0 bridgehead atoms. The van der Waals surface area contributed by atoms with Crippen molar-refractivity contribution >= 4 is 27.7 Å². The Morgan fingerprint density at radius 3 is 2.65 bits per heavy atom. The summed E-state index contributed by atoms with van der Waals surface area (Å²) in [6, 6.07) is 12.1. The highest BCUT2D eigenvalue weighted by molar-refractivity contribution is 9.10. The monoisotopic (exact) mass is 312 g/mol. The van der Waals surface area contributed by atoms with Crippen LogP contribution in [0.1, 0.15) is 5.56 Å². The van der Waals surface area contributed by atoms with Crippen molar-refractivity contribution in [2.75, 3.05) is 0 Å². The van der Waals surface area contributed by atoms with E-state index in [1.165, 1.54) is 23.9 Å². The predicted molar refractivity (Wildman–Crippen MR) is 70.6 cm³/mol. The number of hydrogen-bond donors (Lipinski definition) is 1. The molecule has 0 aliphatic rings. The Balaban J connectivity index is 2.24. The fourth-order valence-electron chi connectivity index (χ4n) is 1.38. The molecule has 2 aromatic rings. The van der Waals surface area contributed by atoms with Crippen molar-refractivity contribution in [3.8, 4) is 0 Å². The van der Waals surface area contributed by atoms with Crippen molar-refractivity contribution in [1.29, 1.82) is 0 Å². The summed E-state index contributed by atoms with van der Waals surface area (Å²) >= 11 is 4.92. The van der Waals surface area contributed by atoms with Crippen LogP contribution in [0.25, 0.3) is 0 Å². The van der Waals surface area contributed by atoms with Gasteiger partial charge in [-0.05, 0) is 51.8 Å². The molecule has 2 aromatic carbocycles. The fraction of sp³-hybridized carbons (Fsp3) is 0.0769. The smallest absolute Gasteiger partial charge is 0.124 e. The fourth-order valence-corrected chi connectivity index (χ4v) is 2.92. The van der Waals surface area contributed by atoms with Crippen molar-refractivity contribution in [1.82, 2.24) is 0 Å². The molecule has 0 fully saturated rings. The summed E-state index contributed by atoms with van der Waals surface area (Å²) in [7, 11) is 0. The minimum absolute atomic E-state index is 0.0174. The Labute approximate surface area is 112 Å². The quantitative estimate of drug-likeness (QED) is 0.915. The maximum absolute atomic E-state index is 13.0. The molecule has 1 nitrogen and oxygen atoms in total. The van der Waals surface area contributed by atoms with Gasteiger partial charge in [0.05, 0.1) is 6.61 Å². The molecular weight excluding hydrogens is 303 g/mol. The molecule has 0 spiro atoms. The van der Waals surface area contributed by atoms with Crippen LogP contribution in [0.3, 0.4) is 0 Å². The van der Waals surface area contributed by atoms with E-state index in [0.717, 1.165) is 19.8 Å². The lowest BCUT2D eigenvalue weighted by Crippen LogP contribution is -1.84. The molecule has 0 heterocycles. The molecule has 4 heteroatoms. The summed E-state index contributed by atoms with van der Waals surface area (Å²) < 4.78 is 13.9. The van der Waals surface area contributed by atoms with Gasteiger partial charge in [0, 0.05) is 14.3 Å². The third-order valence-electron chi connectivity index (χ3n) is 2.20. The Morgan fingerprint density at radius 1 is 1.18 bits per heavy atom. The minimum Gasteiger partial charge on any atom is -0.392 e. The normalized spacial score (nSPS) is 10.5. The maximum Gasteiger partial charge on any atom is 0.124 e. The lowest BCUT2D eigenvalue weighted by atomic mass is 10.2. The van der Waals surface area contributed by atoms with Crippen molar-refractivity contribution in [2.45, 2.75) is 16.4 Å². The maximum atomic E-state index is 13.0. The molecule has 2 rings (SSSR count).